The summed E-state index contributed by atoms with van der Waals surface area (Å²) in [6, 6.07) is 9.94. The van der Waals surface area contributed by atoms with Crippen LogP contribution in [0.15, 0.2) is 42.5 Å². The van der Waals surface area contributed by atoms with Gasteiger partial charge in [0.15, 0.2) is 6.61 Å². The van der Waals surface area contributed by atoms with E-state index >= 15 is 0 Å². The molecule has 1 amide bonds. The highest BCUT2D eigenvalue weighted by Crippen LogP contribution is 2.31. The lowest BCUT2D eigenvalue weighted by molar-refractivity contribution is -0.385. The van der Waals surface area contributed by atoms with Crippen LogP contribution in [0, 0.1) is 20.2 Å². The summed E-state index contributed by atoms with van der Waals surface area (Å²) in [6.07, 6.45) is 0.527. The number of ether oxygens (including phenoxy) is 1. The van der Waals surface area contributed by atoms with Crippen LogP contribution in [0.1, 0.15) is 5.56 Å². The number of non-ortho nitro benzene ring substituents is 2. The minimum absolute atomic E-state index is 0.0131. The lowest BCUT2D eigenvalue weighted by Crippen LogP contribution is -2.33. The number of fused-ring (bicyclic) bond motifs is 1. The Hall–Kier alpha value is -3.49. The van der Waals surface area contributed by atoms with Gasteiger partial charge in [-0.15, -0.1) is 0 Å². The molecule has 0 aromatic heterocycles. The Morgan fingerprint density at radius 1 is 1.08 bits per heavy atom. The molecule has 0 unspecified atom stereocenters. The quantitative estimate of drug-likeness (QED) is 0.608. The van der Waals surface area contributed by atoms with Crippen molar-refractivity contribution in [2.45, 2.75) is 6.42 Å². The largest absolute Gasteiger partial charge is 0.483 e. The van der Waals surface area contributed by atoms with Crippen LogP contribution in [-0.2, 0) is 11.2 Å². The van der Waals surface area contributed by atoms with Crippen LogP contribution in [0.25, 0.3) is 0 Å². The second kappa shape index (κ2) is 6.56. The Kier molecular flexibility index (Phi) is 4.29. The van der Waals surface area contributed by atoms with Gasteiger partial charge in [-0.2, -0.15) is 0 Å². The van der Waals surface area contributed by atoms with E-state index in [9.17, 15) is 25.0 Å². The first-order valence-corrected chi connectivity index (χ1v) is 7.40. The number of hydrogen-bond donors (Lipinski definition) is 0. The lowest BCUT2D eigenvalue weighted by Gasteiger charge is -2.17. The van der Waals surface area contributed by atoms with Crippen molar-refractivity contribution in [2.24, 2.45) is 0 Å². The van der Waals surface area contributed by atoms with E-state index in [1.54, 1.807) is 6.07 Å². The molecule has 3 rings (SSSR count). The molecule has 9 heteroatoms. The maximum atomic E-state index is 12.4. The number of rotatable bonds is 5. The zero-order valence-corrected chi connectivity index (χ0v) is 13.0. The van der Waals surface area contributed by atoms with Gasteiger partial charge < -0.3 is 9.64 Å². The number of carbonyl (C=O) groups excluding carboxylic acids is 1. The fourth-order valence-electron chi connectivity index (χ4n) is 2.67. The van der Waals surface area contributed by atoms with Crippen LogP contribution in [0.5, 0.6) is 5.75 Å². The summed E-state index contributed by atoms with van der Waals surface area (Å²) >= 11 is 0. The molecule has 0 radical (unpaired) electrons. The zero-order chi connectivity index (χ0) is 18.0. The minimum Gasteiger partial charge on any atom is -0.483 e. The van der Waals surface area contributed by atoms with E-state index in [4.69, 9.17) is 4.74 Å². The van der Waals surface area contributed by atoms with Gasteiger partial charge in [-0.05, 0) is 24.1 Å². The highest BCUT2D eigenvalue weighted by atomic mass is 16.6. The van der Waals surface area contributed by atoms with Gasteiger partial charge in [-0.1, -0.05) is 6.07 Å². The number of amides is 1. The lowest BCUT2D eigenvalue weighted by atomic mass is 10.1. The number of nitro benzene ring substituents is 2. The molecule has 2 aromatic carbocycles. The second-order valence-corrected chi connectivity index (χ2v) is 5.41. The number of nitrogens with zero attached hydrogens (tertiary/aromatic N) is 3. The van der Waals surface area contributed by atoms with Crippen molar-refractivity contribution in [3.05, 3.63) is 68.3 Å². The van der Waals surface area contributed by atoms with E-state index < -0.39 is 9.85 Å². The topological polar surface area (TPSA) is 116 Å². The summed E-state index contributed by atoms with van der Waals surface area (Å²) in [7, 11) is 0. The summed E-state index contributed by atoms with van der Waals surface area (Å²) in [6.45, 7) is 0.130. The van der Waals surface area contributed by atoms with Gasteiger partial charge in [-0.3, -0.25) is 25.0 Å². The molecule has 1 heterocycles. The Morgan fingerprint density at radius 3 is 2.52 bits per heavy atom. The van der Waals surface area contributed by atoms with Gasteiger partial charge >= 0.3 is 0 Å². The highest BCUT2D eigenvalue weighted by Gasteiger charge is 2.26. The van der Waals surface area contributed by atoms with E-state index in [0.717, 1.165) is 5.56 Å². The van der Waals surface area contributed by atoms with Crippen LogP contribution < -0.4 is 9.64 Å². The molecule has 0 fully saturated rings. The smallest absolute Gasteiger partial charge is 0.273 e. The molecule has 128 valence electrons. The molecule has 0 saturated heterocycles. The summed E-state index contributed by atoms with van der Waals surface area (Å²) in [5, 5.41) is 21.5. The molecule has 25 heavy (non-hydrogen) atoms. The van der Waals surface area contributed by atoms with Crippen LogP contribution in [0.2, 0.25) is 0 Å². The molecule has 0 saturated carbocycles. The number of anilines is 1. The van der Waals surface area contributed by atoms with Crippen LogP contribution in [-0.4, -0.2) is 28.9 Å². The summed E-state index contributed by atoms with van der Waals surface area (Å²) in [5.74, 6) is -0.0928. The van der Waals surface area contributed by atoms with Crippen molar-refractivity contribution in [3.63, 3.8) is 0 Å². The molecule has 0 aliphatic carbocycles. The second-order valence-electron chi connectivity index (χ2n) is 5.41. The molecule has 9 nitrogen and oxygen atoms in total. The van der Waals surface area contributed by atoms with Crippen molar-refractivity contribution >= 4 is 23.0 Å². The van der Waals surface area contributed by atoms with Gasteiger partial charge in [0.1, 0.15) is 5.75 Å². The first-order chi connectivity index (χ1) is 12.0. The Bertz CT molecular complexity index is 867. The summed E-state index contributed by atoms with van der Waals surface area (Å²) < 4.78 is 5.34. The third-order valence-electron chi connectivity index (χ3n) is 3.86. The third-order valence-corrected chi connectivity index (χ3v) is 3.86. The normalized spacial score (nSPS) is 12.6. The van der Waals surface area contributed by atoms with E-state index in [1.807, 2.05) is 0 Å². The minimum atomic E-state index is -0.543. The van der Waals surface area contributed by atoms with E-state index in [-0.39, 0.29) is 29.6 Å². The van der Waals surface area contributed by atoms with Gasteiger partial charge in [0.2, 0.25) is 0 Å². The monoisotopic (exact) mass is 343 g/mol. The predicted molar refractivity (Wildman–Crippen MR) is 87.7 cm³/mol. The molecule has 2 aromatic rings. The number of carbonyl (C=O) groups is 1. The third kappa shape index (κ3) is 3.39. The van der Waals surface area contributed by atoms with Crippen molar-refractivity contribution in [2.75, 3.05) is 18.1 Å². The average Bonchev–Trinajstić information content (AvgIpc) is 3.03. The number of nitro groups is 2. The standard InChI is InChI=1S/C16H13N3O6/c20-16(10-25-14-3-1-2-12(9-14)18(21)22)17-7-6-11-8-13(19(23)24)4-5-15(11)17/h1-5,8-9H,6-7,10H2. The molecule has 0 atom stereocenters. The van der Waals surface area contributed by atoms with Crippen molar-refractivity contribution in [1.29, 1.82) is 0 Å². The molecule has 0 bridgehead atoms. The molecule has 1 aliphatic rings. The Labute approximate surface area is 141 Å². The zero-order valence-electron chi connectivity index (χ0n) is 13.0. The maximum Gasteiger partial charge on any atom is 0.273 e. The number of benzene rings is 2. The summed E-state index contributed by atoms with van der Waals surface area (Å²) in [5.41, 5.74) is 1.22. The maximum absolute atomic E-state index is 12.4. The van der Waals surface area contributed by atoms with Crippen LogP contribution in [0.4, 0.5) is 17.1 Å². The summed E-state index contributed by atoms with van der Waals surface area (Å²) in [4.78, 5) is 34.4. The number of hydrogen-bond acceptors (Lipinski definition) is 6. The highest BCUT2D eigenvalue weighted by molar-refractivity contribution is 5.96. The predicted octanol–water partition coefficient (Wildman–Crippen LogP) is 2.47. The average molecular weight is 343 g/mol. The van der Waals surface area contributed by atoms with Crippen molar-refractivity contribution in [1.82, 2.24) is 0 Å². The van der Waals surface area contributed by atoms with Gasteiger partial charge in [-0.25, -0.2) is 0 Å². The molecule has 1 aliphatic heterocycles. The van der Waals surface area contributed by atoms with E-state index in [1.165, 1.54) is 41.3 Å². The van der Waals surface area contributed by atoms with Gasteiger partial charge in [0, 0.05) is 30.4 Å². The fraction of sp³-hybridized carbons (Fsp3) is 0.188. The Morgan fingerprint density at radius 2 is 1.80 bits per heavy atom. The molecule has 0 N–H and O–H groups in total. The van der Waals surface area contributed by atoms with Crippen molar-refractivity contribution < 1.29 is 19.4 Å². The fourth-order valence-corrected chi connectivity index (χ4v) is 2.67. The molecular formula is C16H13N3O6. The first kappa shape index (κ1) is 16.4. The van der Waals surface area contributed by atoms with Crippen molar-refractivity contribution in [3.8, 4) is 5.75 Å². The van der Waals surface area contributed by atoms with E-state index in [2.05, 4.69) is 0 Å². The van der Waals surface area contributed by atoms with Gasteiger partial charge in [0.25, 0.3) is 17.3 Å². The molecular weight excluding hydrogens is 330 g/mol. The SMILES string of the molecule is O=C(COc1cccc([N+](=O)[O-])c1)N1CCc2cc([N+](=O)[O-])ccc21. The van der Waals surface area contributed by atoms with Crippen LogP contribution >= 0.6 is 0 Å². The van der Waals surface area contributed by atoms with Gasteiger partial charge in [0.05, 0.1) is 15.9 Å². The Balaban J connectivity index is 1.69. The molecule has 0 spiro atoms. The van der Waals surface area contributed by atoms with Crippen LogP contribution in [0.3, 0.4) is 0 Å². The van der Waals surface area contributed by atoms with E-state index in [0.29, 0.717) is 18.7 Å². The first-order valence-electron chi connectivity index (χ1n) is 7.40.